The zero-order valence-electron chi connectivity index (χ0n) is 10.7. The lowest BCUT2D eigenvalue weighted by molar-refractivity contribution is 1.56. The molecule has 0 saturated heterocycles. The van der Waals surface area contributed by atoms with Gasteiger partial charge in [-0.2, -0.15) is 0 Å². The zero-order valence-corrected chi connectivity index (χ0v) is 10.7. The molecular formula is C15H21B. The maximum atomic E-state index is 3.85. The van der Waals surface area contributed by atoms with E-state index in [1.807, 2.05) is 39.0 Å². The highest BCUT2D eigenvalue weighted by atomic mass is 13.8. The van der Waals surface area contributed by atoms with Crippen molar-refractivity contribution in [2.75, 3.05) is 0 Å². The van der Waals surface area contributed by atoms with Gasteiger partial charge in [0.2, 0.25) is 6.71 Å². The molecule has 0 heterocycles. The van der Waals surface area contributed by atoms with Crippen molar-refractivity contribution in [2.45, 2.75) is 20.8 Å². The van der Waals surface area contributed by atoms with Crippen molar-refractivity contribution in [3.63, 3.8) is 0 Å². The van der Waals surface area contributed by atoms with E-state index >= 15 is 0 Å². The molecule has 0 aliphatic carbocycles. The van der Waals surface area contributed by atoms with Gasteiger partial charge in [-0.15, -0.1) is 17.9 Å². The molecule has 0 N–H and O–H groups in total. The van der Waals surface area contributed by atoms with E-state index in [4.69, 9.17) is 0 Å². The average Bonchev–Trinajstić information content (AvgIpc) is 2.15. The van der Waals surface area contributed by atoms with Gasteiger partial charge >= 0.3 is 0 Å². The lowest BCUT2D eigenvalue weighted by Crippen LogP contribution is -2.01. The predicted octanol–water partition coefficient (Wildman–Crippen LogP) is 4.50. The molecule has 0 fully saturated rings. The molecule has 0 aromatic heterocycles. The Labute approximate surface area is 101 Å². The maximum Gasteiger partial charge on any atom is 0.218 e. The van der Waals surface area contributed by atoms with E-state index in [1.54, 1.807) is 0 Å². The van der Waals surface area contributed by atoms with E-state index in [0.717, 1.165) is 16.7 Å². The first-order valence-corrected chi connectivity index (χ1v) is 5.43. The normalized spacial score (nSPS) is 11.4. The minimum absolute atomic E-state index is 0.269. The Hall–Kier alpha value is -1.50. The molecule has 0 aliphatic rings. The number of rotatable bonds is 6. The van der Waals surface area contributed by atoms with Crippen LogP contribution in [0.25, 0.3) is 0 Å². The van der Waals surface area contributed by atoms with Crippen LogP contribution in [0.4, 0.5) is 0 Å². The summed E-state index contributed by atoms with van der Waals surface area (Å²) in [6, 6.07) is 0. The average molecular weight is 212 g/mol. The topological polar surface area (TPSA) is 0 Å². The Balaban J connectivity index is 4.69. The molecule has 84 valence electrons. The first kappa shape index (κ1) is 14.5. The molecule has 1 heteroatoms. The summed E-state index contributed by atoms with van der Waals surface area (Å²) in [5.41, 5.74) is 3.16. The highest BCUT2D eigenvalue weighted by Crippen LogP contribution is 2.01. The molecule has 0 aromatic carbocycles. The van der Waals surface area contributed by atoms with Gasteiger partial charge in [0.25, 0.3) is 0 Å². The molecule has 0 bridgehead atoms. The first-order valence-electron chi connectivity index (χ1n) is 5.43. The van der Waals surface area contributed by atoms with Gasteiger partial charge < -0.3 is 0 Å². The quantitative estimate of drug-likeness (QED) is 0.449. The van der Waals surface area contributed by atoms with Crippen LogP contribution in [0.15, 0.2) is 72.6 Å². The van der Waals surface area contributed by atoms with Gasteiger partial charge in [0.15, 0.2) is 0 Å². The Morgan fingerprint density at radius 3 is 1.12 bits per heavy atom. The molecule has 0 radical (unpaired) electrons. The van der Waals surface area contributed by atoms with Crippen LogP contribution in [0.5, 0.6) is 0 Å². The van der Waals surface area contributed by atoms with Gasteiger partial charge in [0.1, 0.15) is 0 Å². The largest absolute Gasteiger partial charge is 0.218 e. The summed E-state index contributed by atoms with van der Waals surface area (Å²) in [4.78, 5) is 0. The lowest BCUT2D eigenvalue weighted by Gasteiger charge is -1.97. The summed E-state index contributed by atoms with van der Waals surface area (Å²) in [7, 11) is 0. The van der Waals surface area contributed by atoms with E-state index < -0.39 is 0 Å². The number of hydrogen-bond acceptors (Lipinski definition) is 0. The lowest BCUT2D eigenvalue weighted by atomic mass is 9.49. The molecule has 0 atom stereocenters. The molecule has 0 saturated carbocycles. The van der Waals surface area contributed by atoms with Crippen LogP contribution in [-0.2, 0) is 0 Å². The van der Waals surface area contributed by atoms with Crippen LogP contribution >= 0.6 is 0 Å². The van der Waals surface area contributed by atoms with E-state index in [1.165, 1.54) is 0 Å². The van der Waals surface area contributed by atoms with Crippen molar-refractivity contribution in [3.05, 3.63) is 72.6 Å². The monoisotopic (exact) mass is 212 g/mol. The van der Waals surface area contributed by atoms with Gasteiger partial charge in [0.05, 0.1) is 0 Å². The molecule has 0 amide bonds. The van der Waals surface area contributed by atoms with Crippen LogP contribution in [0, 0.1) is 0 Å². The molecule has 0 rings (SSSR count). The van der Waals surface area contributed by atoms with Gasteiger partial charge in [-0.05, 0) is 20.8 Å². The van der Waals surface area contributed by atoms with Crippen LogP contribution in [0.1, 0.15) is 20.8 Å². The number of allylic oxidation sites excluding steroid dienone is 6. The summed E-state index contributed by atoms with van der Waals surface area (Å²) >= 11 is 0. The second-order valence-corrected chi connectivity index (χ2v) is 4.19. The van der Waals surface area contributed by atoms with Crippen molar-refractivity contribution in [1.82, 2.24) is 0 Å². The van der Waals surface area contributed by atoms with Crippen molar-refractivity contribution >= 4 is 6.71 Å². The maximum absolute atomic E-state index is 3.85. The van der Waals surface area contributed by atoms with E-state index in [-0.39, 0.29) is 6.71 Å². The minimum atomic E-state index is 0.269. The summed E-state index contributed by atoms with van der Waals surface area (Å²) in [5, 5.41) is 0. The Morgan fingerprint density at radius 1 is 0.688 bits per heavy atom. The minimum Gasteiger partial charge on any atom is -0.106 e. The van der Waals surface area contributed by atoms with E-state index in [2.05, 4.69) is 37.7 Å². The third kappa shape index (κ3) is 9.08. The first-order chi connectivity index (χ1) is 7.41. The molecule has 0 aromatic rings. The van der Waals surface area contributed by atoms with Crippen molar-refractivity contribution in [3.8, 4) is 0 Å². The second kappa shape index (κ2) is 7.75. The Bertz CT molecular complexity index is 297. The summed E-state index contributed by atoms with van der Waals surface area (Å²) in [5.74, 6) is 6.34. The van der Waals surface area contributed by atoms with Gasteiger partial charge in [0, 0.05) is 0 Å². The van der Waals surface area contributed by atoms with Gasteiger partial charge in [-0.1, -0.05) is 54.7 Å². The molecule has 0 aliphatic heterocycles. The fourth-order valence-corrected chi connectivity index (χ4v) is 1.02. The standard InChI is InChI=1S/C15H21B/c1-13(2)7-10-16(11-8-14(3)4)12-9-15(5)6/h7-12H,1,3,5H2,2,4,6H3. The molecule has 0 nitrogen and oxygen atoms in total. The van der Waals surface area contributed by atoms with E-state index in [0.29, 0.717) is 0 Å². The highest BCUT2D eigenvalue weighted by Gasteiger charge is 1.99. The van der Waals surface area contributed by atoms with Gasteiger partial charge in [-0.3, -0.25) is 0 Å². The Kier molecular flexibility index (Phi) is 7.03. The summed E-state index contributed by atoms with van der Waals surface area (Å²) in [6.45, 7) is 17.8. The third-order valence-electron chi connectivity index (χ3n) is 1.81. The zero-order chi connectivity index (χ0) is 12.6. The van der Waals surface area contributed by atoms with Crippen molar-refractivity contribution in [2.24, 2.45) is 0 Å². The van der Waals surface area contributed by atoms with Crippen molar-refractivity contribution in [1.29, 1.82) is 0 Å². The van der Waals surface area contributed by atoms with Crippen LogP contribution in [0.3, 0.4) is 0 Å². The molecule has 0 unspecified atom stereocenters. The van der Waals surface area contributed by atoms with Crippen molar-refractivity contribution < 1.29 is 0 Å². The van der Waals surface area contributed by atoms with Crippen LogP contribution < -0.4 is 0 Å². The fourth-order valence-electron chi connectivity index (χ4n) is 1.02. The summed E-state index contributed by atoms with van der Waals surface area (Å²) < 4.78 is 0. The van der Waals surface area contributed by atoms with E-state index in [9.17, 15) is 0 Å². The third-order valence-corrected chi connectivity index (χ3v) is 1.81. The predicted molar refractivity (Wildman–Crippen MR) is 77.6 cm³/mol. The second-order valence-electron chi connectivity index (χ2n) is 4.19. The number of hydrogen-bond donors (Lipinski definition) is 0. The highest BCUT2D eigenvalue weighted by molar-refractivity contribution is 6.74. The Morgan fingerprint density at radius 2 is 0.938 bits per heavy atom. The fraction of sp³-hybridized carbons (Fsp3) is 0.200. The smallest absolute Gasteiger partial charge is 0.106 e. The van der Waals surface area contributed by atoms with Crippen LogP contribution in [-0.4, -0.2) is 6.71 Å². The SMILES string of the molecule is C=C(C)C=CB(C=CC(=C)C)C=CC(=C)C. The molecular weight excluding hydrogens is 191 g/mol. The van der Waals surface area contributed by atoms with Crippen LogP contribution in [0.2, 0.25) is 0 Å². The molecule has 16 heavy (non-hydrogen) atoms. The summed E-state index contributed by atoms with van der Waals surface area (Å²) in [6.07, 6.45) is 6.07. The van der Waals surface area contributed by atoms with Gasteiger partial charge in [-0.25, -0.2) is 0 Å². The molecule has 0 spiro atoms.